The van der Waals surface area contributed by atoms with E-state index < -0.39 is 5.97 Å². The highest BCUT2D eigenvalue weighted by Gasteiger charge is 2.00. The normalized spacial score (nSPS) is 7.92. The van der Waals surface area contributed by atoms with E-state index in [2.05, 4.69) is 0 Å². The van der Waals surface area contributed by atoms with Crippen LogP contribution >= 0.6 is 0 Å². The average molecular weight is 178 g/mol. The summed E-state index contributed by atoms with van der Waals surface area (Å²) in [6, 6.07) is 3.14. The van der Waals surface area contributed by atoms with Crippen LogP contribution in [-0.2, 0) is 9.53 Å². The Bertz CT molecular complexity index is 265. The van der Waals surface area contributed by atoms with Gasteiger partial charge in [0.2, 0.25) is 0 Å². The van der Waals surface area contributed by atoms with Crippen molar-refractivity contribution in [3.63, 3.8) is 0 Å². The minimum absolute atomic E-state index is 0.235. The molecule has 4 nitrogen and oxygen atoms in total. The van der Waals surface area contributed by atoms with Gasteiger partial charge in [0, 0.05) is 0 Å². The van der Waals surface area contributed by atoms with Crippen molar-refractivity contribution in [1.29, 1.82) is 10.5 Å². The SMILES string of the molecule is CCCCOC(=O)C=C(C#N)C#N. The lowest BCUT2D eigenvalue weighted by Crippen LogP contribution is -2.02. The standard InChI is InChI=1S/C9H10N2O2/c1-2-3-4-13-9(12)5-8(6-10)7-11/h5H,2-4H2,1H3. The van der Waals surface area contributed by atoms with Crippen LogP contribution in [0.25, 0.3) is 0 Å². The Morgan fingerprint density at radius 3 is 2.54 bits per heavy atom. The van der Waals surface area contributed by atoms with E-state index in [4.69, 9.17) is 15.3 Å². The van der Waals surface area contributed by atoms with Gasteiger partial charge in [-0.3, -0.25) is 0 Å². The Morgan fingerprint density at radius 1 is 1.46 bits per heavy atom. The number of hydrogen-bond acceptors (Lipinski definition) is 4. The number of esters is 1. The Kier molecular flexibility index (Phi) is 5.92. The van der Waals surface area contributed by atoms with Crippen LogP contribution in [0.3, 0.4) is 0 Å². The number of allylic oxidation sites excluding steroid dienone is 1. The summed E-state index contributed by atoms with van der Waals surface area (Å²) in [5.41, 5.74) is -0.235. The third kappa shape index (κ3) is 5.46. The van der Waals surface area contributed by atoms with E-state index in [9.17, 15) is 4.79 Å². The van der Waals surface area contributed by atoms with Crippen molar-refractivity contribution in [3.05, 3.63) is 11.6 Å². The number of carbonyl (C=O) groups excluding carboxylic acids is 1. The summed E-state index contributed by atoms with van der Waals surface area (Å²) < 4.78 is 4.70. The minimum atomic E-state index is -0.633. The fourth-order valence-corrected chi connectivity index (χ4v) is 0.566. The molecule has 0 rings (SSSR count). The second-order valence-corrected chi connectivity index (χ2v) is 2.30. The summed E-state index contributed by atoms with van der Waals surface area (Å²) in [5, 5.41) is 16.6. The van der Waals surface area contributed by atoms with Gasteiger partial charge in [-0.05, 0) is 6.42 Å². The van der Waals surface area contributed by atoms with Crippen LogP contribution in [-0.4, -0.2) is 12.6 Å². The number of carbonyl (C=O) groups is 1. The molecule has 0 aromatic rings. The van der Waals surface area contributed by atoms with Crippen LogP contribution < -0.4 is 0 Å². The molecule has 68 valence electrons. The van der Waals surface area contributed by atoms with Gasteiger partial charge in [0.25, 0.3) is 0 Å². The first kappa shape index (κ1) is 11.2. The van der Waals surface area contributed by atoms with E-state index in [0.717, 1.165) is 18.9 Å². The first-order chi connectivity index (χ1) is 6.24. The molecule has 0 aliphatic heterocycles. The molecule has 13 heavy (non-hydrogen) atoms. The molecule has 0 fully saturated rings. The number of rotatable bonds is 4. The van der Waals surface area contributed by atoms with E-state index in [1.165, 1.54) is 0 Å². The van der Waals surface area contributed by atoms with Gasteiger partial charge in [0.1, 0.15) is 17.7 Å². The minimum Gasteiger partial charge on any atom is -0.462 e. The predicted octanol–water partition coefficient (Wildman–Crippen LogP) is 1.30. The van der Waals surface area contributed by atoms with Gasteiger partial charge in [-0.1, -0.05) is 13.3 Å². The molecule has 0 N–H and O–H groups in total. The molecule has 0 bridgehead atoms. The third-order valence-electron chi connectivity index (χ3n) is 1.25. The smallest absolute Gasteiger partial charge is 0.332 e. The van der Waals surface area contributed by atoms with Gasteiger partial charge in [-0.2, -0.15) is 10.5 Å². The van der Waals surface area contributed by atoms with Crippen molar-refractivity contribution in [2.24, 2.45) is 0 Å². The van der Waals surface area contributed by atoms with Crippen LogP contribution in [0, 0.1) is 22.7 Å². The van der Waals surface area contributed by atoms with Crippen molar-refractivity contribution in [1.82, 2.24) is 0 Å². The van der Waals surface area contributed by atoms with Crippen LogP contribution in [0.4, 0.5) is 0 Å². The van der Waals surface area contributed by atoms with Crippen molar-refractivity contribution >= 4 is 5.97 Å². The number of unbranched alkanes of at least 4 members (excludes halogenated alkanes) is 1. The second-order valence-electron chi connectivity index (χ2n) is 2.30. The van der Waals surface area contributed by atoms with Crippen molar-refractivity contribution in [3.8, 4) is 12.1 Å². The molecule has 4 heteroatoms. The van der Waals surface area contributed by atoms with E-state index >= 15 is 0 Å². The number of nitrogens with zero attached hydrogens (tertiary/aromatic N) is 2. The first-order valence-electron chi connectivity index (χ1n) is 3.93. The largest absolute Gasteiger partial charge is 0.462 e. The Morgan fingerprint density at radius 2 is 2.08 bits per heavy atom. The fraction of sp³-hybridized carbons (Fsp3) is 0.444. The van der Waals surface area contributed by atoms with Crippen molar-refractivity contribution in [2.45, 2.75) is 19.8 Å². The van der Waals surface area contributed by atoms with Gasteiger partial charge < -0.3 is 4.74 Å². The Hall–Kier alpha value is -1.81. The topological polar surface area (TPSA) is 73.9 Å². The Balaban J connectivity index is 3.95. The maximum Gasteiger partial charge on any atom is 0.332 e. The maximum atomic E-state index is 10.8. The summed E-state index contributed by atoms with van der Waals surface area (Å²) in [7, 11) is 0. The molecule has 0 unspecified atom stereocenters. The summed E-state index contributed by atoms with van der Waals surface area (Å²) in [6.07, 6.45) is 2.62. The van der Waals surface area contributed by atoms with Crippen LogP contribution in [0.15, 0.2) is 11.6 Å². The number of nitriles is 2. The van der Waals surface area contributed by atoms with E-state index in [-0.39, 0.29) is 5.57 Å². The molecular formula is C9H10N2O2. The average Bonchev–Trinajstić information content (AvgIpc) is 2.14. The summed E-state index contributed by atoms with van der Waals surface area (Å²) in [6.45, 7) is 2.30. The maximum absolute atomic E-state index is 10.8. The number of ether oxygens (including phenoxy) is 1. The lowest BCUT2D eigenvalue weighted by molar-refractivity contribution is -0.137. The second kappa shape index (κ2) is 6.87. The zero-order chi connectivity index (χ0) is 10.1. The highest BCUT2D eigenvalue weighted by Crippen LogP contribution is 1.93. The molecule has 0 amide bonds. The summed E-state index contributed by atoms with van der Waals surface area (Å²) in [4.78, 5) is 10.8. The first-order valence-corrected chi connectivity index (χ1v) is 3.93. The fourth-order valence-electron chi connectivity index (χ4n) is 0.566. The van der Waals surface area contributed by atoms with Gasteiger partial charge >= 0.3 is 5.97 Å². The molecule has 0 heterocycles. The third-order valence-corrected chi connectivity index (χ3v) is 1.25. The summed E-state index contributed by atoms with van der Waals surface area (Å²) in [5.74, 6) is -0.633. The molecule has 0 aromatic carbocycles. The quantitative estimate of drug-likeness (QED) is 0.281. The summed E-state index contributed by atoms with van der Waals surface area (Å²) >= 11 is 0. The molecule has 0 saturated heterocycles. The van der Waals surface area contributed by atoms with E-state index in [0.29, 0.717) is 6.61 Å². The highest BCUT2D eigenvalue weighted by molar-refractivity contribution is 5.84. The van der Waals surface area contributed by atoms with E-state index in [1.54, 1.807) is 12.1 Å². The lowest BCUT2D eigenvalue weighted by atomic mass is 10.3. The molecule has 0 radical (unpaired) electrons. The molecule has 0 atom stereocenters. The number of hydrogen-bond donors (Lipinski definition) is 0. The van der Waals surface area contributed by atoms with Gasteiger partial charge in [0.15, 0.2) is 0 Å². The molecular weight excluding hydrogens is 168 g/mol. The molecule has 0 aliphatic carbocycles. The van der Waals surface area contributed by atoms with Gasteiger partial charge in [-0.25, -0.2) is 4.79 Å². The predicted molar refractivity (Wildman–Crippen MR) is 45.2 cm³/mol. The molecule has 0 saturated carbocycles. The zero-order valence-electron chi connectivity index (χ0n) is 7.41. The van der Waals surface area contributed by atoms with Gasteiger partial charge in [0.05, 0.1) is 12.7 Å². The van der Waals surface area contributed by atoms with Gasteiger partial charge in [-0.15, -0.1) is 0 Å². The monoisotopic (exact) mass is 178 g/mol. The van der Waals surface area contributed by atoms with Crippen LogP contribution in [0.1, 0.15) is 19.8 Å². The van der Waals surface area contributed by atoms with E-state index in [1.807, 2.05) is 6.92 Å². The Labute approximate surface area is 77.0 Å². The van der Waals surface area contributed by atoms with Crippen molar-refractivity contribution < 1.29 is 9.53 Å². The van der Waals surface area contributed by atoms with Crippen LogP contribution in [0.5, 0.6) is 0 Å². The molecule has 0 aliphatic rings. The highest BCUT2D eigenvalue weighted by atomic mass is 16.5. The zero-order valence-corrected chi connectivity index (χ0v) is 7.41. The van der Waals surface area contributed by atoms with Crippen LogP contribution in [0.2, 0.25) is 0 Å². The molecule has 0 aromatic heterocycles. The lowest BCUT2D eigenvalue weighted by Gasteiger charge is -1.98. The van der Waals surface area contributed by atoms with Crippen molar-refractivity contribution in [2.75, 3.05) is 6.61 Å². The molecule has 0 spiro atoms.